The predicted molar refractivity (Wildman–Crippen MR) is 80.4 cm³/mol. The Labute approximate surface area is 123 Å². The maximum absolute atomic E-state index is 13.0. The largest absolute Gasteiger partial charge is 0.397 e. The standard InChI is InChI=1S/C15H22FN3O2/c16-11-5-6-14(13(17)9-11)18-15(21)10-19-7-1-3-12(19)4-2-8-20/h5-6,9,12,20H,1-4,7-8,10,17H2,(H,18,21). The molecule has 1 aliphatic heterocycles. The lowest BCUT2D eigenvalue weighted by Gasteiger charge is -2.23. The highest BCUT2D eigenvalue weighted by Crippen LogP contribution is 2.22. The lowest BCUT2D eigenvalue weighted by atomic mass is 10.1. The normalized spacial score (nSPS) is 18.9. The van der Waals surface area contributed by atoms with E-state index in [4.69, 9.17) is 10.8 Å². The fourth-order valence-electron chi connectivity index (χ4n) is 2.78. The Morgan fingerprint density at radius 3 is 3.05 bits per heavy atom. The van der Waals surface area contributed by atoms with Gasteiger partial charge in [-0.3, -0.25) is 9.69 Å². The average Bonchev–Trinajstić information content (AvgIpc) is 2.87. The number of hydrogen-bond donors (Lipinski definition) is 3. The van der Waals surface area contributed by atoms with Gasteiger partial charge in [0.1, 0.15) is 5.82 Å². The Morgan fingerprint density at radius 2 is 2.33 bits per heavy atom. The van der Waals surface area contributed by atoms with Crippen molar-refractivity contribution in [3.05, 3.63) is 24.0 Å². The number of anilines is 2. The number of halogens is 1. The van der Waals surface area contributed by atoms with Gasteiger partial charge in [-0.15, -0.1) is 0 Å². The van der Waals surface area contributed by atoms with Crippen molar-refractivity contribution in [3.63, 3.8) is 0 Å². The van der Waals surface area contributed by atoms with Crippen LogP contribution in [-0.2, 0) is 4.79 Å². The molecular weight excluding hydrogens is 273 g/mol. The van der Waals surface area contributed by atoms with Crippen LogP contribution in [0, 0.1) is 5.82 Å². The van der Waals surface area contributed by atoms with E-state index in [9.17, 15) is 9.18 Å². The van der Waals surface area contributed by atoms with Crippen LogP contribution in [-0.4, -0.2) is 41.7 Å². The number of carbonyl (C=O) groups excluding carboxylic acids is 1. The van der Waals surface area contributed by atoms with Gasteiger partial charge in [0.25, 0.3) is 0 Å². The summed E-state index contributed by atoms with van der Waals surface area (Å²) in [5, 5.41) is 11.6. The van der Waals surface area contributed by atoms with Gasteiger partial charge in [0, 0.05) is 12.6 Å². The molecule has 1 fully saturated rings. The van der Waals surface area contributed by atoms with E-state index >= 15 is 0 Å². The maximum atomic E-state index is 13.0. The molecule has 21 heavy (non-hydrogen) atoms. The Bertz CT molecular complexity index is 496. The van der Waals surface area contributed by atoms with Crippen molar-refractivity contribution in [3.8, 4) is 0 Å². The van der Waals surface area contributed by atoms with Crippen LogP contribution in [0.2, 0.25) is 0 Å². The minimum Gasteiger partial charge on any atom is -0.397 e. The monoisotopic (exact) mass is 295 g/mol. The van der Waals surface area contributed by atoms with Crippen molar-refractivity contribution in [1.82, 2.24) is 4.90 Å². The van der Waals surface area contributed by atoms with Crippen LogP contribution in [0.5, 0.6) is 0 Å². The number of likely N-dealkylation sites (tertiary alicyclic amines) is 1. The number of nitrogens with zero attached hydrogens (tertiary/aromatic N) is 1. The van der Waals surface area contributed by atoms with E-state index in [1.165, 1.54) is 18.2 Å². The summed E-state index contributed by atoms with van der Waals surface area (Å²) in [6.07, 6.45) is 3.80. The number of hydrogen-bond acceptors (Lipinski definition) is 4. The van der Waals surface area contributed by atoms with E-state index in [1.807, 2.05) is 0 Å². The minimum atomic E-state index is -0.422. The van der Waals surface area contributed by atoms with Gasteiger partial charge in [-0.1, -0.05) is 0 Å². The number of aliphatic hydroxyl groups excluding tert-OH is 1. The molecule has 0 saturated carbocycles. The van der Waals surface area contributed by atoms with Crippen LogP contribution >= 0.6 is 0 Å². The SMILES string of the molecule is Nc1cc(F)ccc1NC(=O)CN1CCCC1CCCO. The first-order chi connectivity index (χ1) is 10.1. The number of rotatable bonds is 6. The highest BCUT2D eigenvalue weighted by Gasteiger charge is 2.25. The summed E-state index contributed by atoms with van der Waals surface area (Å²) in [6, 6.07) is 4.28. The molecule has 5 nitrogen and oxygen atoms in total. The molecule has 1 aromatic rings. The zero-order valence-electron chi connectivity index (χ0n) is 12.0. The molecule has 0 radical (unpaired) electrons. The van der Waals surface area contributed by atoms with Crippen molar-refractivity contribution in [2.24, 2.45) is 0 Å². The second-order valence-electron chi connectivity index (χ2n) is 5.41. The quantitative estimate of drug-likeness (QED) is 0.696. The van der Waals surface area contributed by atoms with Crippen molar-refractivity contribution in [1.29, 1.82) is 0 Å². The summed E-state index contributed by atoms with van der Waals surface area (Å²) >= 11 is 0. The molecule has 6 heteroatoms. The fourth-order valence-corrected chi connectivity index (χ4v) is 2.78. The van der Waals surface area contributed by atoms with Gasteiger partial charge in [-0.05, 0) is 50.4 Å². The first-order valence-corrected chi connectivity index (χ1v) is 7.30. The maximum Gasteiger partial charge on any atom is 0.238 e. The van der Waals surface area contributed by atoms with Crippen molar-refractivity contribution in [2.45, 2.75) is 31.7 Å². The van der Waals surface area contributed by atoms with Crippen molar-refractivity contribution in [2.75, 3.05) is 30.7 Å². The molecule has 4 N–H and O–H groups in total. The van der Waals surface area contributed by atoms with Crippen LogP contribution in [0.3, 0.4) is 0 Å². The molecule has 1 amide bonds. The third-order valence-electron chi connectivity index (χ3n) is 3.83. The lowest BCUT2D eigenvalue weighted by molar-refractivity contribution is -0.117. The van der Waals surface area contributed by atoms with Gasteiger partial charge in [0.15, 0.2) is 0 Å². The van der Waals surface area contributed by atoms with Crippen LogP contribution in [0.15, 0.2) is 18.2 Å². The third-order valence-corrected chi connectivity index (χ3v) is 3.83. The number of benzene rings is 1. The van der Waals surface area contributed by atoms with Gasteiger partial charge >= 0.3 is 0 Å². The molecule has 1 unspecified atom stereocenters. The van der Waals surface area contributed by atoms with Gasteiger partial charge in [-0.2, -0.15) is 0 Å². The van der Waals surface area contributed by atoms with E-state index in [1.54, 1.807) is 0 Å². The second kappa shape index (κ2) is 7.38. The minimum absolute atomic E-state index is 0.149. The van der Waals surface area contributed by atoms with Crippen molar-refractivity contribution >= 4 is 17.3 Å². The summed E-state index contributed by atoms with van der Waals surface area (Å²) in [6.45, 7) is 1.37. The highest BCUT2D eigenvalue weighted by atomic mass is 19.1. The Balaban J connectivity index is 1.89. The van der Waals surface area contributed by atoms with Gasteiger partial charge in [0.05, 0.1) is 17.9 Å². The van der Waals surface area contributed by atoms with Crippen molar-refractivity contribution < 1.29 is 14.3 Å². The molecule has 0 aliphatic carbocycles. The molecule has 116 valence electrons. The molecule has 0 bridgehead atoms. The van der Waals surface area contributed by atoms with E-state index < -0.39 is 5.82 Å². The summed E-state index contributed by atoms with van der Waals surface area (Å²) < 4.78 is 13.0. The summed E-state index contributed by atoms with van der Waals surface area (Å²) in [4.78, 5) is 14.2. The third kappa shape index (κ3) is 4.41. The highest BCUT2D eigenvalue weighted by molar-refractivity contribution is 5.95. The first kappa shape index (κ1) is 15.7. The van der Waals surface area contributed by atoms with E-state index in [0.717, 1.165) is 32.2 Å². The Kier molecular flexibility index (Phi) is 5.52. The fraction of sp³-hybridized carbons (Fsp3) is 0.533. The molecule has 2 rings (SSSR count). The zero-order chi connectivity index (χ0) is 15.2. The van der Waals surface area contributed by atoms with Gasteiger partial charge < -0.3 is 16.2 Å². The summed E-state index contributed by atoms with van der Waals surface area (Å²) in [7, 11) is 0. The average molecular weight is 295 g/mol. The summed E-state index contributed by atoms with van der Waals surface area (Å²) in [5.74, 6) is -0.571. The van der Waals surface area contributed by atoms with Gasteiger partial charge in [0.2, 0.25) is 5.91 Å². The molecule has 1 aromatic carbocycles. The number of carbonyl (C=O) groups is 1. The topological polar surface area (TPSA) is 78.6 Å². The Morgan fingerprint density at radius 1 is 1.52 bits per heavy atom. The van der Waals surface area contributed by atoms with Crippen LogP contribution < -0.4 is 11.1 Å². The molecule has 1 aliphatic rings. The Hall–Kier alpha value is -1.66. The second-order valence-corrected chi connectivity index (χ2v) is 5.41. The van der Waals surface area contributed by atoms with Gasteiger partial charge in [-0.25, -0.2) is 4.39 Å². The smallest absolute Gasteiger partial charge is 0.238 e. The lowest BCUT2D eigenvalue weighted by Crippen LogP contribution is -2.37. The number of amides is 1. The molecule has 0 aromatic heterocycles. The molecule has 1 saturated heterocycles. The number of nitrogen functional groups attached to an aromatic ring is 1. The predicted octanol–water partition coefficient (Wildman–Crippen LogP) is 1.58. The number of nitrogens with one attached hydrogen (secondary N) is 1. The van der Waals surface area contributed by atoms with E-state index in [2.05, 4.69) is 10.2 Å². The van der Waals surface area contributed by atoms with Crippen LogP contribution in [0.1, 0.15) is 25.7 Å². The van der Waals surface area contributed by atoms with Crippen LogP contribution in [0.25, 0.3) is 0 Å². The molecule has 0 spiro atoms. The number of nitrogens with two attached hydrogens (primary N) is 1. The first-order valence-electron chi connectivity index (χ1n) is 7.30. The molecule has 1 atom stereocenters. The summed E-state index contributed by atoms with van der Waals surface area (Å²) in [5.41, 5.74) is 6.34. The van der Waals surface area contributed by atoms with Crippen LogP contribution in [0.4, 0.5) is 15.8 Å². The molecule has 1 heterocycles. The zero-order valence-corrected chi connectivity index (χ0v) is 12.0. The van der Waals surface area contributed by atoms with E-state index in [0.29, 0.717) is 18.3 Å². The molecular formula is C15H22FN3O2. The van der Waals surface area contributed by atoms with E-state index in [-0.39, 0.29) is 18.2 Å². The number of aliphatic hydroxyl groups is 1.